The Kier molecular flexibility index (Phi) is 3.32. The molecular formula is C10H12N2O2. The molecule has 0 fully saturated rings. The predicted molar refractivity (Wildman–Crippen MR) is 52.1 cm³/mol. The molecule has 0 aliphatic heterocycles. The van der Waals surface area contributed by atoms with Crippen molar-refractivity contribution in [3.05, 3.63) is 23.8 Å². The van der Waals surface area contributed by atoms with E-state index in [4.69, 9.17) is 10.00 Å². The van der Waals surface area contributed by atoms with Crippen LogP contribution in [0.4, 0.5) is 0 Å². The van der Waals surface area contributed by atoms with Crippen LogP contribution in [0.25, 0.3) is 0 Å². The number of hydrogen-bond acceptors (Lipinski definition) is 4. The summed E-state index contributed by atoms with van der Waals surface area (Å²) >= 11 is 0. The molecule has 4 nitrogen and oxygen atoms in total. The molecule has 0 spiro atoms. The molecule has 1 aromatic rings. The average molecular weight is 192 g/mol. The first kappa shape index (κ1) is 10.4. The van der Waals surface area contributed by atoms with Crippen molar-refractivity contribution < 1.29 is 9.84 Å². The Labute approximate surface area is 82.7 Å². The summed E-state index contributed by atoms with van der Waals surface area (Å²) < 4.78 is 4.89. The zero-order chi connectivity index (χ0) is 10.6. The molecule has 1 aromatic carbocycles. The second-order valence-electron chi connectivity index (χ2n) is 2.78. The van der Waals surface area contributed by atoms with Crippen molar-refractivity contribution in [1.29, 1.82) is 5.26 Å². The maximum atomic E-state index is 9.47. The van der Waals surface area contributed by atoms with E-state index in [1.807, 2.05) is 0 Å². The fraction of sp³-hybridized carbons (Fsp3) is 0.300. The van der Waals surface area contributed by atoms with Crippen LogP contribution in [0.5, 0.6) is 11.5 Å². The molecule has 0 saturated carbocycles. The smallest absolute Gasteiger partial charge is 0.160 e. The molecule has 4 heteroatoms. The van der Waals surface area contributed by atoms with Crippen molar-refractivity contribution in [3.8, 4) is 17.6 Å². The highest BCUT2D eigenvalue weighted by Gasteiger charge is 2.10. The molecule has 0 aliphatic rings. The lowest BCUT2D eigenvalue weighted by Gasteiger charge is -2.09. The average Bonchev–Trinajstić information content (AvgIpc) is 2.20. The van der Waals surface area contributed by atoms with Crippen LogP contribution in [0.15, 0.2) is 18.2 Å². The zero-order valence-corrected chi connectivity index (χ0v) is 8.11. The van der Waals surface area contributed by atoms with Gasteiger partial charge < -0.3 is 15.2 Å². The van der Waals surface area contributed by atoms with E-state index in [0.29, 0.717) is 11.3 Å². The summed E-state index contributed by atoms with van der Waals surface area (Å²) in [5, 5.41) is 21.1. The van der Waals surface area contributed by atoms with E-state index in [2.05, 4.69) is 11.4 Å². The van der Waals surface area contributed by atoms with Crippen molar-refractivity contribution in [2.45, 2.75) is 6.04 Å². The lowest BCUT2D eigenvalue weighted by atomic mass is 10.1. The van der Waals surface area contributed by atoms with Crippen molar-refractivity contribution >= 4 is 0 Å². The van der Waals surface area contributed by atoms with Gasteiger partial charge in [-0.05, 0) is 24.7 Å². The van der Waals surface area contributed by atoms with Crippen LogP contribution in [0.2, 0.25) is 0 Å². The first-order valence-corrected chi connectivity index (χ1v) is 4.16. The zero-order valence-electron chi connectivity index (χ0n) is 8.11. The molecule has 0 heterocycles. The van der Waals surface area contributed by atoms with Gasteiger partial charge in [0.1, 0.15) is 6.04 Å². The summed E-state index contributed by atoms with van der Waals surface area (Å²) in [4.78, 5) is 0. The van der Waals surface area contributed by atoms with Crippen molar-refractivity contribution in [2.24, 2.45) is 0 Å². The van der Waals surface area contributed by atoms with Crippen molar-refractivity contribution in [1.82, 2.24) is 5.32 Å². The van der Waals surface area contributed by atoms with E-state index in [1.165, 1.54) is 13.2 Å². The molecule has 0 radical (unpaired) electrons. The van der Waals surface area contributed by atoms with E-state index in [-0.39, 0.29) is 5.75 Å². The minimum Gasteiger partial charge on any atom is -0.504 e. The summed E-state index contributed by atoms with van der Waals surface area (Å²) in [5.41, 5.74) is 0.716. The second kappa shape index (κ2) is 4.49. The molecule has 1 rings (SSSR count). The number of hydrogen-bond donors (Lipinski definition) is 2. The van der Waals surface area contributed by atoms with Gasteiger partial charge in [0.15, 0.2) is 11.5 Å². The molecule has 74 valence electrons. The van der Waals surface area contributed by atoms with E-state index < -0.39 is 6.04 Å². The van der Waals surface area contributed by atoms with Gasteiger partial charge in [-0.15, -0.1) is 0 Å². The summed E-state index contributed by atoms with van der Waals surface area (Å²) in [5.74, 6) is 0.446. The van der Waals surface area contributed by atoms with E-state index in [9.17, 15) is 5.11 Å². The molecule has 14 heavy (non-hydrogen) atoms. The van der Waals surface area contributed by atoms with Gasteiger partial charge in [-0.25, -0.2) is 0 Å². The molecule has 1 atom stereocenters. The molecule has 0 saturated heterocycles. The Morgan fingerprint density at radius 1 is 1.57 bits per heavy atom. The van der Waals surface area contributed by atoms with Crippen LogP contribution >= 0.6 is 0 Å². The molecule has 0 amide bonds. The third-order valence-electron chi connectivity index (χ3n) is 1.95. The Bertz CT molecular complexity index is 358. The minimum atomic E-state index is -0.410. The molecular weight excluding hydrogens is 180 g/mol. The summed E-state index contributed by atoms with van der Waals surface area (Å²) in [6.07, 6.45) is 0. The highest BCUT2D eigenvalue weighted by atomic mass is 16.5. The maximum absolute atomic E-state index is 9.47. The highest BCUT2D eigenvalue weighted by molar-refractivity contribution is 5.43. The summed E-state index contributed by atoms with van der Waals surface area (Å²) in [6, 6.07) is 6.55. The number of aromatic hydroxyl groups is 1. The van der Waals surface area contributed by atoms with Crippen molar-refractivity contribution in [3.63, 3.8) is 0 Å². The first-order valence-electron chi connectivity index (χ1n) is 4.16. The van der Waals surface area contributed by atoms with Gasteiger partial charge >= 0.3 is 0 Å². The number of nitriles is 1. The van der Waals surface area contributed by atoms with E-state index in [1.54, 1.807) is 19.2 Å². The fourth-order valence-corrected chi connectivity index (χ4v) is 1.19. The van der Waals surface area contributed by atoms with Crippen molar-refractivity contribution in [2.75, 3.05) is 14.2 Å². The normalized spacial score (nSPS) is 11.8. The molecule has 2 N–H and O–H groups in total. The number of nitrogens with one attached hydrogen (secondary N) is 1. The van der Waals surface area contributed by atoms with Gasteiger partial charge in [-0.1, -0.05) is 6.07 Å². The maximum Gasteiger partial charge on any atom is 0.160 e. The third kappa shape index (κ3) is 1.95. The molecule has 1 unspecified atom stereocenters. The van der Waals surface area contributed by atoms with Crippen LogP contribution in [0.3, 0.4) is 0 Å². The standard InChI is InChI=1S/C10H12N2O2/c1-12-8(6-11)7-3-4-10(14-2)9(13)5-7/h3-5,8,12-13H,1-2H3. The van der Waals surface area contributed by atoms with Crippen LogP contribution < -0.4 is 10.1 Å². The number of ether oxygens (including phenoxy) is 1. The third-order valence-corrected chi connectivity index (χ3v) is 1.95. The number of methoxy groups -OCH3 is 1. The van der Waals surface area contributed by atoms with E-state index in [0.717, 1.165) is 0 Å². The minimum absolute atomic E-state index is 0.0421. The Morgan fingerprint density at radius 2 is 2.29 bits per heavy atom. The second-order valence-corrected chi connectivity index (χ2v) is 2.78. The van der Waals surface area contributed by atoms with Gasteiger partial charge in [0, 0.05) is 0 Å². The fourth-order valence-electron chi connectivity index (χ4n) is 1.19. The van der Waals surface area contributed by atoms with E-state index >= 15 is 0 Å². The van der Waals surface area contributed by atoms with Gasteiger partial charge in [0.25, 0.3) is 0 Å². The van der Waals surface area contributed by atoms with Crippen LogP contribution in [-0.2, 0) is 0 Å². The Balaban J connectivity index is 3.03. The van der Waals surface area contributed by atoms with Gasteiger partial charge in [0.05, 0.1) is 13.2 Å². The lowest BCUT2D eigenvalue weighted by molar-refractivity contribution is 0.373. The number of nitrogens with zero attached hydrogens (tertiary/aromatic N) is 1. The Morgan fingerprint density at radius 3 is 2.71 bits per heavy atom. The molecule has 0 bridgehead atoms. The number of phenolic OH excluding ortho intramolecular Hbond substituents is 1. The van der Waals surface area contributed by atoms with Crippen LogP contribution in [0, 0.1) is 11.3 Å². The Hall–Kier alpha value is -1.73. The van der Waals surface area contributed by atoms with Gasteiger partial charge in [0.2, 0.25) is 0 Å². The highest BCUT2D eigenvalue weighted by Crippen LogP contribution is 2.28. The van der Waals surface area contributed by atoms with Gasteiger partial charge in [-0.2, -0.15) is 5.26 Å². The largest absolute Gasteiger partial charge is 0.504 e. The number of phenols is 1. The first-order chi connectivity index (χ1) is 6.72. The number of benzene rings is 1. The quantitative estimate of drug-likeness (QED) is 0.754. The molecule has 0 aliphatic carbocycles. The SMILES string of the molecule is CNC(C#N)c1ccc(OC)c(O)c1. The monoisotopic (exact) mass is 192 g/mol. The lowest BCUT2D eigenvalue weighted by Crippen LogP contribution is -2.13. The van der Waals surface area contributed by atoms with Crippen LogP contribution in [-0.4, -0.2) is 19.3 Å². The number of rotatable bonds is 3. The predicted octanol–water partition coefficient (Wildman–Crippen LogP) is 1.18. The van der Waals surface area contributed by atoms with Gasteiger partial charge in [-0.3, -0.25) is 0 Å². The summed E-state index contributed by atoms with van der Waals surface area (Å²) in [7, 11) is 3.17. The summed E-state index contributed by atoms with van der Waals surface area (Å²) in [6.45, 7) is 0. The topological polar surface area (TPSA) is 65.3 Å². The molecule has 0 aromatic heterocycles. The van der Waals surface area contributed by atoms with Crippen LogP contribution in [0.1, 0.15) is 11.6 Å².